The molecule has 1 aromatic heterocycles. The van der Waals surface area contributed by atoms with E-state index < -0.39 is 0 Å². The topological polar surface area (TPSA) is 12.0 Å². The van der Waals surface area contributed by atoms with Crippen LogP contribution in [0, 0.1) is 5.92 Å². The highest BCUT2D eigenvalue weighted by Gasteiger charge is 2.11. The van der Waals surface area contributed by atoms with Crippen molar-refractivity contribution in [1.29, 1.82) is 0 Å². The smallest absolute Gasteiger partial charge is 0.00675 e. The highest BCUT2D eigenvalue weighted by molar-refractivity contribution is 7.07. The minimum Gasteiger partial charge on any atom is -0.314 e. The summed E-state index contributed by atoms with van der Waals surface area (Å²) in [6.45, 7) is 7.95. The van der Waals surface area contributed by atoms with Crippen molar-refractivity contribution >= 4 is 11.3 Å². The summed E-state index contributed by atoms with van der Waals surface area (Å²) in [5, 5.41) is 7.96. The third-order valence-electron chi connectivity index (χ3n) is 2.71. The average Bonchev–Trinajstić information content (AvgIpc) is 2.66. The van der Waals surface area contributed by atoms with Crippen LogP contribution < -0.4 is 5.32 Å². The average molecular weight is 211 g/mol. The molecule has 0 radical (unpaired) electrons. The minimum atomic E-state index is 0.620. The van der Waals surface area contributed by atoms with Crippen LogP contribution in [-0.2, 0) is 6.42 Å². The Morgan fingerprint density at radius 2 is 2.21 bits per heavy atom. The Balaban J connectivity index is 2.30. The van der Waals surface area contributed by atoms with Gasteiger partial charge in [0.15, 0.2) is 0 Å². The highest BCUT2D eigenvalue weighted by atomic mass is 32.1. The molecule has 80 valence electrons. The van der Waals surface area contributed by atoms with Gasteiger partial charge in [-0.25, -0.2) is 0 Å². The Kier molecular flexibility index (Phi) is 5.20. The Morgan fingerprint density at radius 3 is 2.79 bits per heavy atom. The molecule has 0 aliphatic rings. The fraction of sp³-hybridized carbons (Fsp3) is 0.667. The third kappa shape index (κ3) is 3.81. The van der Waals surface area contributed by atoms with Crippen LogP contribution in [0.25, 0.3) is 0 Å². The predicted octanol–water partition coefficient (Wildman–Crippen LogP) is 3.31. The first kappa shape index (κ1) is 11.7. The van der Waals surface area contributed by atoms with Crippen molar-refractivity contribution in [3.05, 3.63) is 22.4 Å². The van der Waals surface area contributed by atoms with Gasteiger partial charge in [0.2, 0.25) is 0 Å². The van der Waals surface area contributed by atoms with E-state index >= 15 is 0 Å². The van der Waals surface area contributed by atoms with Gasteiger partial charge in [-0.15, -0.1) is 0 Å². The Morgan fingerprint density at radius 1 is 1.43 bits per heavy atom. The van der Waals surface area contributed by atoms with Gasteiger partial charge in [-0.1, -0.05) is 13.8 Å². The number of rotatable bonds is 6. The SMILES string of the molecule is CCCNC(C)C(C)Cc1ccsc1. The van der Waals surface area contributed by atoms with Crippen molar-refractivity contribution < 1.29 is 0 Å². The Labute approximate surface area is 91.5 Å². The second-order valence-corrected chi connectivity index (χ2v) is 4.84. The molecule has 0 saturated carbocycles. The molecule has 1 nitrogen and oxygen atoms in total. The van der Waals surface area contributed by atoms with Crippen LogP contribution in [0.3, 0.4) is 0 Å². The van der Waals surface area contributed by atoms with Crippen molar-refractivity contribution in [2.24, 2.45) is 5.92 Å². The Hall–Kier alpha value is -0.340. The molecule has 2 atom stereocenters. The lowest BCUT2D eigenvalue weighted by Crippen LogP contribution is -2.33. The van der Waals surface area contributed by atoms with Gasteiger partial charge in [0.25, 0.3) is 0 Å². The van der Waals surface area contributed by atoms with E-state index in [1.165, 1.54) is 18.4 Å². The number of nitrogens with one attached hydrogen (secondary N) is 1. The Bertz CT molecular complexity index is 230. The molecule has 1 N–H and O–H groups in total. The van der Waals surface area contributed by atoms with Crippen LogP contribution in [0.4, 0.5) is 0 Å². The molecule has 2 heteroatoms. The van der Waals surface area contributed by atoms with Gasteiger partial charge in [0.1, 0.15) is 0 Å². The molecule has 1 rings (SSSR count). The van der Waals surface area contributed by atoms with Crippen LogP contribution >= 0.6 is 11.3 Å². The second-order valence-electron chi connectivity index (χ2n) is 4.06. The van der Waals surface area contributed by atoms with E-state index in [0.29, 0.717) is 6.04 Å². The molecule has 2 unspecified atom stereocenters. The van der Waals surface area contributed by atoms with Gasteiger partial charge in [-0.05, 0) is 54.6 Å². The van der Waals surface area contributed by atoms with Gasteiger partial charge in [-0.3, -0.25) is 0 Å². The summed E-state index contributed by atoms with van der Waals surface area (Å²) in [7, 11) is 0. The number of hydrogen-bond donors (Lipinski definition) is 1. The lowest BCUT2D eigenvalue weighted by Gasteiger charge is -2.20. The van der Waals surface area contributed by atoms with E-state index in [4.69, 9.17) is 0 Å². The summed E-state index contributed by atoms with van der Waals surface area (Å²) in [5.41, 5.74) is 1.48. The zero-order chi connectivity index (χ0) is 10.4. The number of thiophene rings is 1. The maximum absolute atomic E-state index is 3.55. The third-order valence-corrected chi connectivity index (χ3v) is 3.44. The van der Waals surface area contributed by atoms with Gasteiger partial charge in [0.05, 0.1) is 0 Å². The first-order chi connectivity index (χ1) is 6.74. The van der Waals surface area contributed by atoms with E-state index in [1.54, 1.807) is 11.3 Å². The second kappa shape index (κ2) is 6.20. The zero-order valence-electron chi connectivity index (χ0n) is 9.42. The largest absolute Gasteiger partial charge is 0.314 e. The van der Waals surface area contributed by atoms with Crippen molar-refractivity contribution in [2.75, 3.05) is 6.54 Å². The normalized spacial score (nSPS) is 15.4. The van der Waals surface area contributed by atoms with E-state index in [9.17, 15) is 0 Å². The van der Waals surface area contributed by atoms with Crippen LogP contribution in [0.2, 0.25) is 0 Å². The molecule has 0 saturated heterocycles. The highest BCUT2D eigenvalue weighted by Crippen LogP contribution is 2.14. The molecular weight excluding hydrogens is 190 g/mol. The molecule has 0 aliphatic carbocycles. The summed E-state index contributed by atoms with van der Waals surface area (Å²) in [6, 6.07) is 2.85. The molecular formula is C12H21NS. The molecule has 0 amide bonds. The van der Waals surface area contributed by atoms with Gasteiger partial charge >= 0.3 is 0 Å². The first-order valence-electron chi connectivity index (χ1n) is 5.48. The molecule has 14 heavy (non-hydrogen) atoms. The van der Waals surface area contributed by atoms with E-state index in [1.807, 2.05) is 0 Å². The fourth-order valence-corrected chi connectivity index (χ4v) is 2.21. The molecule has 1 heterocycles. The summed E-state index contributed by atoms with van der Waals surface area (Å²) < 4.78 is 0. The van der Waals surface area contributed by atoms with Crippen LogP contribution in [0.1, 0.15) is 32.8 Å². The molecule has 0 fully saturated rings. The minimum absolute atomic E-state index is 0.620. The maximum Gasteiger partial charge on any atom is 0.00675 e. The quantitative estimate of drug-likeness (QED) is 0.761. The predicted molar refractivity (Wildman–Crippen MR) is 64.9 cm³/mol. The monoisotopic (exact) mass is 211 g/mol. The molecule has 0 bridgehead atoms. The molecule has 1 aromatic rings. The van der Waals surface area contributed by atoms with Gasteiger partial charge in [0, 0.05) is 6.04 Å². The van der Waals surface area contributed by atoms with Crippen LogP contribution in [0.5, 0.6) is 0 Å². The van der Waals surface area contributed by atoms with Gasteiger partial charge in [-0.2, -0.15) is 11.3 Å². The van der Waals surface area contributed by atoms with E-state index in [0.717, 1.165) is 12.5 Å². The molecule has 0 aliphatic heterocycles. The first-order valence-corrected chi connectivity index (χ1v) is 6.42. The fourth-order valence-electron chi connectivity index (χ4n) is 1.53. The maximum atomic E-state index is 3.55. The van der Waals surface area contributed by atoms with Crippen molar-refractivity contribution in [3.8, 4) is 0 Å². The summed E-state index contributed by atoms with van der Waals surface area (Å²) in [4.78, 5) is 0. The van der Waals surface area contributed by atoms with Gasteiger partial charge < -0.3 is 5.32 Å². The summed E-state index contributed by atoms with van der Waals surface area (Å²) in [6.07, 6.45) is 2.41. The van der Waals surface area contributed by atoms with Crippen molar-refractivity contribution in [3.63, 3.8) is 0 Å². The zero-order valence-corrected chi connectivity index (χ0v) is 10.2. The van der Waals surface area contributed by atoms with Crippen LogP contribution in [0.15, 0.2) is 16.8 Å². The van der Waals surface area contributed by atoms with E-state index in [-0.39, 0.29) is 0 Å². The van der Waals surface area contributed by atoms with Crippen molar-refractivity contribution in [2.45, 2.75) is 39.7 Å². The summed E-state index contributed by atoms with van der Waals surface area (Å²) >= 11 is 1.79. The van der Waals surface area contributed by atoms with Crippen molar-refractivity contribution in [1.82, 2.24) is 5.32 Å². The number of hydrogen-bond acceptors (Lipinski definition) is 2. The lowest BCUT2D eigenvalue weighted by molar-refractivity contribution is 0.399. The molecule has 0 spiro atoms. The molecule has 0 aromatic carbocycles. The van der Waals surface area contributed by atoms with Crippen LogP contribution in [-0.4, -0.2) is 12.6 Å². The summed E-state index contributed by atoms with van der Waals surface area (Å²) in [5.74, 6) is 0.719. The van der Waals surface area contributed by atoms with E-state index in [2.05, 4.69) is 42.9 Å². The standard InChI is InChI=1S/C12H21NS/c1-4-6-13-11(3)10(2)8-12-5-7-14-9-12/h5,7,9-11,13H,4,6,8H2,1-3H3. The lowest BCUT2D eigenvalue weighted by atomic mass is 9.96.